The molecular formula is C13H25NO3. The van der Waals surface area contributed by atoms with E-state index in [2.05, 4.69) is 19.2 Å². The molecule has 100 valence electrons. The lowest BCUT2D eigenvalue weighted by molar-refractivity contribution is -0.160. The van der Waals surface area contributed by atoms with E-state index in [0.29, 0.717) is 25.4 Å². The summed E-state index contributed by atoms with van der Waals surface area (Å²) >= 11 is 0. The summed E-state index contributed by atoms with van der Waals surface area (Å²) in [6.07, 6.45) is 1.93. The zero-order valence-corrected chi connectivity index (χ0v) is 11.4. The zero-order valence-electron chi connectivity index (χ0n) is 11.4. The van der Waals surface area contributed by atoms with E-state index >= 15 is 0 Å². The first-order chi connectivity index (χ1) is 7.83. The summed E-state index contributed by atoms with van der Waals surface area (Å²) in [4.78, 5) is 11.6. The summed E-state index contributed by atoms with van der Waals surface area (Å²) in [5.74, 6) is -0.303. The second kappa shape index (κ2) is 5.36. The van der Waals surface area contributed by atoms with Gasteiger partial charge in [-0.25, -0.2) is 0 Å². The Kier molecular flexibility index (Phi) is 4.55. The van der Waals surface area contributed by atoms with Crippen molar-refractivity contribution in [3.8, 4) is 0 Å². The van der Waals surface area contributed by atoms with Crippen molar-refractivity contribution in [2.24, 2.45) is 5.92 Å². The molecule has 2 N–H and O–H groups in total. The minimum Gasteiger partial charge on any atom is -0.480 e. The molecule has 0 aliphatic carbocycles. The number of carboxylic acid groups (broad SMARTS) is 1. The van der Waals surface area contributed by atoms with E-state index in [1.807, 2.05) is 13.8 Å². The van der Waals surface area contributed by atoms with Gasteiger partial charge in [0.05, 0.1) is 5.60 Å². The van der Waals surface area contributed by atoms with E-state index in [9.17, 15) is 9.90 Å². The van der Waals surface area contributed by atoms with Crippen LogP contribution in [0.15, 0.2) is 0 Å². The van der Waals surface area contributed by atoms with Crippen LogP contribution in [0.25, 0.3) is 0 Å². The number of hydrogen-bond acceptors (Lipinski definition) is 3. The summed E-state index contributed by atoms with van der Waals surface area (Å²) in [5, 5.41) is 12.8. The van der Waals surface area contributed by atoms with Crippen molar-refractivity contribution < 1.29 is 14.6 Å². The number of rotatable bonds is 5. The monoisotopic (exact) mass is 243 g/mol. The van der Waals surface area contributed by atoms with Crippen LogP contribution in [-0.4, -0.2) is 35.4 Å². The molecule has 2 atom stereocenters. The van der Waals surface area contributed by atoms with E-state index in [4.69, 9.17) is 4.74 Å². The van der Waals surface area contributed by atoms with E-state index < -0.39 is 11.5 Å². The topological polar surface area (TPSA) is 58.6 Å². The van der Waals surface area contributed by atoms with Crippen LogP contribution < -0.4 is 5.32 Å². The molecule has 0 radical (unpaired) electrons. The third-order valence-corrected chi connectivity index (χ3v) is 3.66. The van der Waals surface area contributed by atoms with Crippen LogP contribution in [0, 0.1) is 5.92 Å². The Balaban J connectivity index is 2.80. The van der Waals surface area contributed by atoms with Gasteiger partial charge < -0.3 is 15.2 Å². The Morgan fingerprint density at radius 2 is 2.18 bits per heavy atom. The van der Waals surface area contributed by atoms with Crippen LogP contribution >= 0.6 is 0 Å². The molecule has 0 aromatic rings. The lowest BCUT2D eigenvalue weighted by Gasteiger charge is -2.44. The molecule has 1 aliphatic rings. The molecule has 1 rings (SSSR count). The van der Waals surface area contributed by atoms with Gasteiger partial charge in [-0.05, 0) is 32.2 Å². The normalized spacial score (nSPS) is 33.9. The Morgan fingerprint density at radius 3 is 2.65 bits per heavy atom. The molecule has 4 nitrogen and oxygen atoms in total. The molecule has 0 aromatic heterocycles. The minimum absolute atomic E-state index is 0.319. The van der Waals surface area contributed by atoms with Crippen molar-refractivity contribution in [3.63, 3.8) is 0 Å². The standard InChI is InChI=1S/C13H25NO3/c1-5-12(4)9-13(11(15)16,6-7-17-12)14-8-10(2)3/h10,14H,5-9H2,1-4H3,(H,15,16). The highest BCUT2D eigenvalue weighted by Crippen LogP contribution is 2.34. The van der Waals surface area contributed by atoms with Gasteiger partial charge in [0.25, 0.3) is 0 Å². The molecule has 4 heteroatoms. The Bertz CT molecular complexity index is 280. The first kappa shape index (κ1) is 14.5. The van der Waals surface area contributed by atoms with Crippen molar-refractivity contribution in [1.29, 1.82) is 0 Å². The first-order valence-corrected chi connectivity index (χ1v) is 6.46. The Labute approximate surface area is 104 Å². The van der Waals surface area contributed by atoms with Crippen molar-refractivity contribution >= 4 is 5.97 Å². The summed E-state index contributed by atoms with van der Waals surface area (Å²) in [7, 11) is 0. The van der Waals surface area contributed by atoms with Gasteiger partial charge in [0.15, 0.2) is 0 Å². The van der Waals surface area contributed by atoms with Crippen LogP contribution in [0.5, 0.6) is 0 Å². The third kappa shape index (κ3) is 3.42. The minimum atomic E-state index is -0.812. The molecule has 1 aliphatic heterocycles. The van der Waals surface area contributed by atoms with Crippen molar-refractivity contribution in [2.75, 3.05) is 13.2 Å². The lowest BCUT2D eigenvalue weighted by atomic mass is 9.79. The number of carbonyl (C=O) groups is 1. The second-order valence-corrected chi connectivity index (χ2v) is 5.74. The van der Waals surface area contributed by atoms with E-state index in [-0.39, 0.29) is 5.60 Å². The predicted octanol–water partition coefficient (Wildman–Crippen LogP) is 2.03. The molecule has 0 saturated carbocycles. The van der Waals surface area contributed by atoms with Gasteiger partial charge >= 0.3 is 5.97 Å². The number of hydrogen-bond donors (Lipinski definition) is 2. The van der Waals surface area contributed by atoms with Gasteiger partial charge in [-0.3, -0.25) is 4.79 Å². The molecule has 0 amide bonds. The van der Waals surface area contributed by atoms with Gasteiger partial charge in [0.2, 0.25) is 0 Å². The van der Waals surface area contributed by atoms with Crippen molar-refractivity contribution in [1.82, 2.24) is 5.32 Å². The van der Waals surface area contributed by atoms with Gasteiger partial charge in [0.1, 0.15) is 5.54 Å². The van der Waals surface area contributed by atoms with Crippen LogP contribution in [-0.2, 0) is 9.53 Å². The molecular weight excluding hydrogens is 218 g/mol. The van der Waals surface area contributed by atoms with Crippen molar-refractivity contribution in [2.45, 2.75) is 58.1 Å². The Hall–Kier alpha value is -0.610. The molecule has 1 saturated heterocycles. The second-order valence-electron chi connectivity index (χ2n) is 5.74. The average Bonchev–Trinajstić information content (AvgIpc) is 2.26. The van der Waals surface area contributed by atoms with Crippen LogP contribution in [0.1, 0.15) is 47.0 Å². The molecule has 0 aromatic carbocycles. The van der Waals surface area contributed by atoms with E-state index in [0.717, 1.165) is 13.0 Å². The van der Waals surface area contributed by atoms with Gasteiger partial charge in [-0.2, -0.15) is 0 Å². The number of aliphatic carboxylic acids is 1. The predicted molar refractivity (Wildman–Crippen MR) is 67.1 cm³/mol. The van der Waals surface area contributed by atoms with Crippen LogP contribution in [0.3, 0.4) is 0 Å². The largest absolute Gasteiger partial charge is 0.480 e. The number of nitrogens with one attached hydrogen (secondary N) is 1. The van der Waals surface area contributed by atoms with Gasteiger partial charge in [-0.1, -0.05) is 20.8 Å². The molecule has 1 heterocycles. The molecule has 2 unspecified atom stereocenters. The van der Waals surface area contributed by atoms with Gasteiger partial charge in [-0.15, -0.1) is 0 Å². The molecule has 0 spiro atoms. The highest BCUT2D eigenvalue weighted by molar-refractivity contribution is 5.79. The van der Waals surface area contributed by atoms with Crippen molar-refractivity contribution in [3.05, 3.63) is 0 Å². The number of ether oxygens (including phenoxy) is 1. The van der Waals surface area contributed by atoms with E-state index in [1.54, 1.807) is 0 Å². The van der Waals surface area contributed by atoms with E-state index in [1.165, 1.54) is 0 Å². The van der Waals surface area contributed by atoms with Gasteiger partial charge in [0, 0.05) is 13.0 Å². The summed E-state index contributed by atoms with van der Waals surface area (Å²) in [6, 6.07) is 0. The third-order valence-electron chi connectivity index (χ3n) is 3.66. The number of carboxylic acids is 1. The quantitative estimate of drug-likeness (QED) is 0.775. The summed E-state index contributed by atoms with van der Waals surface area (Å²) in [6.45, 7) is 9.46. The molecule has 0 bridgehead atoms. The van der Waals surface area contributed by atoms with Crippen LogP contribution in [0.4, 0.5) is 0 Å². The maximum absolute atomic E-state index is 11.6. The highest BCUT2D eigenvalue weighted by atomic mass is 16.5. The summed E-state index contributed by atoms with van der Waals surface area (Å²) < 4.78 is 5.72. The average molecular weight is 243 g/mol. The highest BCUT2D eigenvalue weighted by Gasteiger charge is 2.47. The maximum Gasteiger partial charge on any atom is 0.324 e. The Morgan fingerprint density at radius 1 is 1.53 bits per heavy atom. The maximum atomic E-state index is 11.6. The fourth-order valence-electron chi connectivity index (χ4n) is 2.29. The fourth-order valence-corrected chi connectivity index (χ4v) is 2.29. The van der Waals surface area contributed by atoms with Crippen LogP contribution in [0.2, 0.25) is 0 Å². The smallest absolute Gasteiger partial charge is 0.324 e. The lowest BCUT2D eigenvalue weighted by Crippen LogP contribution is -2.60. The fraction of sp³-hybridized carbons (Fsp3) is 0.923. The SMILES string of the molecule is CCC1(C)CC(NCC(C)C)(C(=O)O)CCO1. The zero-order chi connectivity index (χ0) is 13.1. The molecule has 1 fully saturated rings. The first-order valence-electron chi connectivity index (χ1n) is 6.46. The molecule has 17 heavy (non-hydrogen) atoms. The summed E-state index contributed by atoms with van der Waals surface area (Å²) in [5.41, 5.74) is -1.13.